The smallest absolute Gasteiger partial charge is 0.254 e. The van der Waals surface area contributed by atoms with E-state index in [4.69, 9.17) is 4.74 Å². The van der Waals surface area contributed by atoms with Gasteiger partial charge < -0.3 is 15.0 Å². The highest BCUT2D eigenvalue weighted by atomic mass is 16.5. The van der Waals surface area contributed by atoms with Gasteiger partial charge in [0.2, 0.25) is 0 Å². The summed E-state index contributed by atoms with van der Waals surface area (Å²) in [5, 5.41) is 2.96. The van der Waals surface area contributed by atoms with Gasteiger partial charge in [-0.25, -0.2) is 0 Å². The number of para-hydroxylation sites is 1. The highest BCUT2D eigenvalue weighted by molar-refractivity contribution is 6.03. The van der Waals surface area contributed by atoms with Crippen LogP contribution in [-0.4, -0.2) is 25.0 Å². The maximum absolute atomic E-state index is 13.7. The van der Waals surface area contributed by atoms with Crippen molar-refractivity contribution in [3.63, 3.8) is 0 Å². The molecule has 0 spiro atoms. The second kappa shape index (κ2) is 9.47. The molecule has 3 aromatic carbocycles. The Morgan fingerprint density at radius 3 is 2.42 bits per heavy atom. The van der Waals surface area contributed by atoms with Gasteiger partial charge >= 0.3 is 0 Å². The van der Waals surface area contributed by atoms with E-state index in [-0.39, 0.29) is 11.8 Å². The van der Waals surface area contributed by atoms with E-state index in [0.717, 1.165) is 29.7 Å². The van der Waals surface area contributed by atoms with E-state index in [2.05, 4.69) is 11.4 Å². The predicted molar refractivity (Wildman–Crippen MR) is 121 cm³/mol. The first kappa shape index (κ1) is 20.7. The Labute approximate surface area is 182 Å². The first-order chi connectivity index (χ1) is 15.2. The second-order valence-electron chi connectivity index (χ2n) is 7.50. The molecule has 0 radical (unpaired) electrons. The number of benzene rings is 3. The van der Waals surface area contributed by atoms with Crippen molar-refractivity contribution in [2.45, 2.75) is 25.8 Å². The van der Waals surface area contributed by atoms with Crippen LogP contribution >= 0.6 is 0 Å². The van der Waals surface area contributed by atoms with Crippen LogP contribution in [0.4, 0.5) is 5.69 Å². The van der Waals surface area contributed by atoms with Gasteiger partial charge in [0.05, 0.1) is 6.61 Å². The summed E-state index contributed by atoms with van der Waals surface area (Å²) < 4.78 is 5.45. The molecule has 0 saturated heterocycles. The lowest BCUT2D eigenvalue weighted by molar-refractivity contribution is -0.120. The number of fused-ring (bicyclic) bond motifs is 1. The molecule has 0 aliphatic carbocycles. The number of hydrogen-bond acceptors (Lipinski definition) is 3. The first-order valence-electron chi connectivity index (χ1n) is 10.7. The fourth-order valence-corrected chi connectivity index (χ4v) is 3.94. The van der Waals surface area contributed by atoms with Gasteiger partial charge in [-0.05, 0) is 61.2 Å². The van der Waals surface area contributed by atoms with Crippen LogP contribution in [-0.2, 0) is 11.2 Å². The van der Waals surface area contributed by atoms with Crippen LogP contribution in [0.3, 0.4) is 0 Å². The molecule has 31 heavy (non-hydrogen) atoms. The van der Waals surface area contributed by atoms with Gasteiger partial charge in [0.25, 0.3) is 11.8 Å². The molecule has 1 aliphatic rings. The number of ether oxygens (including phenoxy) is 1. The SMILES string of the molecule is CCOc1ccc(C(=O)N[C@@H](C(=O)N2CCCc3ccccc32)c2ccccc2)cc1. The van der Waals surface area contributed by atoms with E-state index in [0.29, 0.717) is 24.5 Å². The molecule has 1 aliphatic heterocycles. The number of nitrogens with one attached hydrogen (secondary N) is 1. The fourth-order valence-electron chi connectivity index (χ4n) is 3.94. The molecule has 1 atom stereocenters. The van der Waals surface area contributed by atoms with Crippen LogP contribution < -0.4 is 15.0 Å². The molecule has 1 N–H and O–H groups in total. The van der Waals surface area contributed by atoms with E-state index in [1.807, 2.05) is 55.5 Å². The lowest BCUT2D eigenvalue weighted by Crippen LogP contribution is -2.45. The summed E-state index contributed by atoms with van der Waals surface area (Å²) in [5.41, 5.74) is 3.33. The summed E-state index contributed by atoms with van der Waals surface area (Å²) in [4.78, 5) is 28.5. The van der Waals surface area contributed by atoms with Crippen molar-refractivity contribution in [3.05, 3.63) is 95.6 Å². The summed E-state index contributed by atoms with van der Waals surface area (Å²) in [6, 6.07) is 23.5. The normalized spacial score (nSPS) is 13.8. The maximum Gasteiger partial charge on any atom is 0.254 e. The third-order valence-corrected chi connectivity index (χ3v) is 5.46. The molecule has 0 saturated carbocycles. The van der Waals surface area contributed by atoms with Gasteiger partial charge in [0.1, 0.15) is 11.8 Å². The average molecular weight is 415 g/mol. The van der Waals surface area contributed by atoms with E-state index in [9.17, 15) is 9.59 Å². The van der Waals surface area contributed by atoms with Crippen molar-refractivity contribution in [3.8, 4) is 5.75 Å². The van der Waals surface area contributed by atoms with Crippen molar-refractivity contribution in [2.24, 2.45) is 0 Å². The summed E-state index contributed by atoms with van der Waals surface area (Å²) in [5.74, 6) is 0.285. The molecular weight excluding hydrogens is 388 g/mol. The van der Waals surface area contributed by atoms with Gasteiger partial charge in [0.15, 0.2) is 0 Å². The lowest BCUT2D eigenvalue weighted by atomic mass is 9.99. The zero-order chi connectivity index (χ0) is 21.6. The second-order valence-corrected chi connectivity index (χ2v) is 7.50. The number of carbonyl (C=O) groups is 2. The van der Waals surface area contributed by atoms with Crippen molar-refractivity contribution in [2.75, 3.05) is 18.1 Å². The number of hydrogen-bond donors (Lipinski definition) is 1. The summed E-state index contributed by atoms with van der Waals surface area (Å²) in [6.07, 6.45) is 1.85. The minimum absolute atomic E-state index is 0.127. The van der Waals surface area contributed by atoms with Crippen molar-refractivity contribution >= 4 is 17.5 Å². The third-order valence-electron chi connectivity index (χ3n) is 5.46. The highest BCUT2D eigenvalue weighted by Crippen LogP contribution is 2.29. The topological polar surface area (TPSA) is 58.6 Å². The van der Waals surface area contributed by atoms with E-state index >= 15 is 0 Å². The van der Waals surface area contributed by atoms with E-state index in [1.165, 1.54) is 0 Å². The molecule has 5 nitrogen and oxygen atoms in total. The molecule has 0 unspecified atom stereocenters. The Kier molecular flexibility index (Phi) is 6.32. The van der Waals surface area contributed by atoms with Gasteiger partial charge in [-0.2, -0.15) is 0 Å². The Balaban J connectivity index is 1.61. The van der Waals surface area contributed by atoms with Crippen molar-refractivity contribution in [1.82, 2.24) is 5.32 Å². The Morgan fingerprint density at radius 2 is 1.68 bits per heavy atom. The van der Waals surface area contributed by atoms with E-state index in [1.54, 1.807) is 29.2 Å². The van der Waals surface area contributed by atoms with Crippen molar-refractivity contribution < 1.29 is 14.3 Å². The van der Waals surface area contributed by atoms with Crippen LogP contribution in [0.2, 0.25) is 0 Å². The maximum atomic E-state index is 13.7. The third kappa shape index (κ3) is 4.61. The summed E-state index contributed by atoms with van der Waals surface area (Å²) >= 11 is 0. The molecule has 158 valence electrons. The number of carbonyl (C=O) groups excluding carboxylic acids is 2. The monoisotopic (exact) mass is 414 g/mol. The Bertz CT molecular complexity index is 1050. The molecule has 0 fully saturated rings. The highest BCUT2D eigenvalue weighted by Gasteiger charge is 2.31. The predicted octanol–water partition coefficient (Wildman–Crippen LogP) is 4.54. The molecule has 2 amide bonds. The van der Waals surface area contributed by atoms with Gasteiger partial charge in [-0.15, -0.1) is 0 Å². The number of anilines is 1. The molecule has 1 heterocycles. The molecule has 0 aromatic heterocycles. The zero-order valence-corrected chi connectivity index (χ0v) is 17.6. The number of amides is 2. The van der Waals surface area contributed by atoms with Gasteiger partial charge in [0, 0.05) is 17.8 Å². The quantitative estimate of drug-likeness (QED) is 0.644. The molecule has 3 aromatic rings. The average Bonchev–Trinajstić information content (AvgIpc) is 2.83. The standard InChI is InChI=1S/C26H26N2O3/c1-2-31-22-16-14-21(15-17-22)25(29)27-24(20-10-4-3-5-11-20)26(30)28-18-8-12-19-9-6-7-13-23(19)28/h3-7,9-11,13-17,24H,2,8,12,18H2,1H3,(H,27,29)/t24-/m1/s1. The zero-order valence-electron chi connectivity index (χ0n) is 17.6. The van der Waals surface area contributed by atoms with Gasteiger partial charge in [-0.1, -0.05) is 48.5 Å². The summed E-state index contributed by atoms with van der Waals surface area (Å²) in [6.45, 7) is 3.11. The number of aryl methyl sites for hydroxylation is 1. The minimum atomic E-state index is -0.772. The number of rotatable bonds is 6. The largest absolute Gasteiger partial charge is 0.494 e. The molecule has 5 heteroatoms. The van der Waals surface area contributed by atoms with Crippen LogP contribution in [0, 0.1) is 0 Å². The minimum Gasteiger partial charge on any atom is -0.494 e. The lowest BCUT2D eigenvalue weighted by Gasteiger charge is -2.32. The first-order valence-corrected chi connectivity index (χ1v) is 10.7. The van der Waals surface area contributed by atoms with E-state index < -0.39 is 6.04 Å². The Hall–Kier alpha value is -3.60. The molecule has 4 rings (SSSR count). The van der Waals surface area contributed by atoms with Crippen LogP contribution in [0.25, 0.3) is 0 Å². The van der Waals surface area contributed by atoms with Crippen LogP contribution in [0.1, 0.15) is 40.9 Å². The van der Waals surface area contributed by atoms with Crippen LogP contribution in [0.15, 0.2) is 78.9 Å². The Morgan fingerprint density at radius 1 is 0.968 bits per heavy atom. The van der Waals surface area contributed by atoms with Crippen molar-refractivity contribution in [1.29, 1.82) is 0 Å². The summed E-state index contributed by atoms with van der Waals surface area (Å²) in [7, 11) is 0. The molecular formula is C26H26N2O3. The fraction of sp³-hybridized carbons (Fsp3) is 0.231. The van der Waals surface area contributed by atoms with Crippen LogP contribution in [0.5, 0.6) is 5.75 Å². The number of nitrogens with zero attached hydrogens (tertiary/aromatic N) is 1. The molecule has 0 bridgehead atoms. The van der Waals surface area contributed by atoms with Gasteiger partial charge in [-0.3, -0.25) is 9.59 Å².